The molecule has 0 aliphatic rings. The summed E-state index contributed by atoms with van der Waals surface area (Å²) in [4.78, 5) is 20.2. The maximum atomic E-state index is 14.4. The van der Waals surface area contributed by atoms with Crippen LogP contribution in [0.4, 0.5) is 14.9 Å². The summed E-state index contributed by atoms with van der Waals surface area (Å²) in [5.74, 6) is 1.69. The second kappa shape index (κ2) is 10.3. The third-order valence-electron chi connectivity index (χ3n) is 5.12. The number of urea groups is 1. The van der Waals surface area contributed by atoms with Gasteiger partial charge in [-0.15, -0.1) is 0 Å². The molecule has 10 nitrogen and oxygen atoms in total. The van der Waals surface area contributed by atoms with E-state index in [0.717, 1.165) is 5.56 Å². The number of rotatable bonds is 8. The Morgan fingerprint density at radius 3 is 2.23 bits per heavy atom. The summed E-state index contributed by atoms with van der Waals surface area (Å²) in [7, 11) is 1.44. The first-order valence-corrected chi connectivity index (χ1v) is 11.1. The third kappa shape index (κ3) is 5.45. The minimum Gasteiger partial charge on any atom is -0.481 e. The van der Waals surface area contributed by atoms with E-state index in [0.29, 0.717) is 29.4 Å². The summed E-state index contributed by atoms with van der Waals surface area (Å²) in [5, 5.41) is 12.7. The normalized spacial score (nSPS) is 11.9. The van der Waals surface area contributed by atoms with Gasteiger partial charge in [-0.05, 0) is 48.9 Å². The molecule has 0 unspecified atom stereocenters. The summed E-state index contributed by atoms with van der Waals surface area (Å²) in [6.45, 7) is 5.89. The molecule has 0 radical (unpaired) electrons. The molecule has 0 fully saturated rings. The van der Waals surface area contributed by atoms with Gasteiger partial charge in [0.1, 0.15) is 11.6 Å². The number of halogens is 1. The van der Waals surface area contributed by atoms with Gasteiger partial charge in [0.05, 0.1) is 5.69 Å². The zero-order valence-electron chi connectivity index (χ0n) is 19.7. The standard InChI is InChI=1S/C24H25FN6O4/c1-5-19(33-16-9-6-14(7-10-16)20-28-22(13(2)3)34-30-20)23-29-21(31-35-23)15-8-11-18(17(25)12-15)27-24(32)26-4/h6-13,19H,5H2,1-4H3,(H2,26,27,32)/t19-/m1/s1. The van der Waals surface area contributed by atoms with Crippen LogP contribution in [-0.4, -0.2) is 33.4 Å². The Bertz CT molecular complexity index is 1300. The van der Waals surface area contributed by atoms with E-state index in [2.05, 4.69) is 30.9 Å². The third-order valence-corrected chi connectivity index (χ3v) is 5.12. The topological polar surface area (TPSA) is 128 Å². The van der Waals surface area contributed by atoms with Gasteiger partial charge in [-0.1, -0.05) is 31.1 Å². The van der Waals surface area contributed by atoms with Crippen molar-refractivity contribution in [2.75, 3.05) is 12.4 Å². The Morgan fingerprint density at radius 2 is 1.63 bits per heavy atom. The summed E-state index contributed by atoms with van der Waals surface area (Å²) < 4.78 is 31.1. The van der Waals surface area contributed by atoms with Gasteiger partial charge in [-0.2, -0.15) is 9.97 Å². The maximum absolute atomic E-state index is 14.4. The van der Waals surface area contributed by atoms with Gasteiger partial charge in [0, 0.05) is 24.1 Å². The van der Waals surface area contributed by atoms with Crippen LogP contribution in [0, 0.1) is 5.82 Å². The Labute approximate surface area is 200 Å². The molecule has 2 aromatic carbocycles. The zero-order chi connectivity index (χ0) is 24.9. The number of hydrogen-bond acceptors (Lipinski definition) is 8. The van der Waals surface area contributed by atoms with Gasteiger partial charge in [-0.3, -0.25) is 0 Å². The lowest BCUT2D eigenvalue weighted by atomic mass is 10.2. The zero-order valence-corrected chi connectivity index (χ0v) is 19.7. The van der Waals surface area contributed by atoms with Crippen molar-refractivity contribution in [1.82, 2.24) is 25.6 Å². The van der Waals surface area contributed by atoms with Gasteiger partial charge in [0.15, 0.2) is 6.10 Å². The number of anilines is 1. The predicted molar refractivity (Wildman–Crippen MR) is 125 cm³/mol. The Morgan fingerprint density at radius 1 is 1.00 bits per heavy atom. The van der Waals surface area contributed by atoms with Gasteiger partial charge in [0.2, 0.25) is 17.5 Å². The lowest BCUT2D eigenvalue weighted by Gasteiger charge is -2.13. The minimum absolute atomic E-state index is 0.0382. The maximum Gasteiger partial charge on any atom is 0.319 e. The molecular formula is C24H25FN6O4. The van der Waals surface area contributed by atoms with Crippen molar-refractivity contribution in [3.8, 4) is 28.5 Å². The fourth-order valence-electron chi connectivity index (χ4n) is 3.17. The molecule has 0 bridgehead atoms. The van der Waals surface area contributed by atoms with Crippen LogP contribution in [0.2, 0.25) is 0 Å². The molecule has 182 valence electrons. The van der Waals surface area contributed by atoms with Crippen molar-refractivity contribution in [2.45, 2.75) is 39.2 Å². The van der Waals surface area contributed by atoms with Crippen molar-refractivity contribution in [2.24, 2.45) is 0 Å². The molecule has 0 aliphatic carbocycles. The highest BCUT2D eigenvalue weighted by atomic mass is 19.1. The highest BCUT2D eigenvalue weighted by Gasteiger charge is 2.21. The van der Waals surface area contributed by atoms with E-state index in [4.69, 9.17) is 13.8 Å². The van der Waals surface area contributed by atoms with E-state index in [1.165, 1.54) is 19.2 Å². The van der Waals surface area contributed by atoms with E-state index in [1.807, 2.05) is 32.9 Å². The fraction of sp³-hybridized carbons (Fsp3) is 0.292. The monoisotopic (exact) mass is 480 g/mol. The van der Waals surface area contributed by atoms with Crippen LogP contribution in [0.3, 0.4) is 0 Å². The number of aromatic nitrogens is 4. The first kappa shape index (κ1) is 23.9. The van der Waals surface area contributed by atoms with Crippen LogP contribution in [0.15, 0.2) is 51.5 Å². The van der Waals surface area contributed by atoms with Gasteiger partial charge < -0.3 is 24.4 Å². The predicted octanol–water partition coefficient (Wildman–Crippen LogP) is 5.33. The summed E-state index contributed by atoms with van der Waals surface area (Å²) in [6, 6.07) is 11.0. The van der Waals surface area contributed by atoms with Crippen LogP contribution >= 0.6 is 0 Å². The quantitative estimate of drug-likeness (QED) is 0.346. The van der Waals surface area contributed by atoms with Crippen molar-refractivity contribution in [3.05, 3.63) is 60.1 Å². The SMILES string of the molecule is CC[C@@H](Oc1ccc(-c2noc(C(C)C)n2)cc1)c1nc(-c2ccc(NC(=O)NC)c(F)c2)no1. The van der Waals surface area contributed by atoms with Crippen molar-refractivity contribution < 1.29 is 23.0 Å². The van der Waals surface area contributed by atoms with Gasteiger partial charge >= 0.3 is 6.03 Å². The van der Waals surface area contributed by atoms with E-state index in [9.17, 15) is 9.18 Å². The van der Waals surface area contributed by atoms with Crippen LogP contribution in [0.5, 0.6) is 5.75 Å². The Hall–Kier alpha value is -4.28. The van der Waals surface area contributed by atoms with Crippen LogP contribution < -0.4 is 15.4 Å². The molecule has 4 rings (SSSR count). The van der Waals surface area contributed by atoms with E-state index < -0.39 is 18.0 Å². The van der Waals surface area contributed by atoms with Crippen LogP contribution in [0.25, 0.3) is 22.8 Å². The fourth-order valence-corrected chi connectivity index (χ4v) is 3.17. The van der Waals surface area contributed by atoms with E-state index in [-0.39, 0.29) is 23.3 Å². The lowest BCUT2D eigenvalue weighted by molar-refractivity contribution is 0.154. The minimum atomic E-state index is -0.622. The summed E-state index contributed by atoms with van der Waals surface area (Å²) in [6.07, 6.45) is 0.0637. The molecule has 2 aromatic heterocycles. The average molecular weight is 481 g/mol. The Balaban J connectivity index is 1.46. The average Bonchev–Trinajstić information content (AvgIpc) is 3.55. The molecule has 1 atom stereocenters. The highest BCUT2D eigenvalue weighted by Crippen LogP contribution is 2.29. The summed E-state index contributed by atoms with van der Waals surface area (Å²) in [5.41, 5.74) is 1.24. The van der Waals surface area contributed by atoms with Crippen LogP contribution in [0.1, 0.15) is 51.0 Å². The number of benzene rings is 2. The molecule has 0 saturated heterocycles. The largest absolute Gasteiger partial charge is 0.481 e. The second-order valence-electron chi connectivity index (χ2n) is 8.01. The van der Waals surface area contributed by atoms with Crippen molar-refractivity contribution in [3.63, 3.8) is 0 Å². The van der Waals surface area contributed by atoms with Crippen LogP contribution in [-0.2, 0) is 0 Å². The van der Waals surface area contributed by atoms with E-state index in [1.54, 1.807) is 18.2 Å². The molecule has 0 saturated carbocycles. The molecule has 0 spiro atoms. The molecule has 2 amide bonds. The molecule has 35 heavy (non-hydrogen) atoms. The number of amides is 2. The summed E-state index contributed by atoms with van der Waals surface area (Å²) >= 11 is 0. The Kier molecular flexibility index (Phi) is 7.04. The molecule has 0 aliphatic heterocycles. The lowest BCUT2D eigenvalue weighted by Crippen LogP contribution is -2.24. The number of ether oxygens (including phenoxy) is 1. The van der Waals surface area contributed by atoms with E-state index >= 15 is 0 Å². The van der Waals surface area contributed by atoms with Gasteiger partial charge in [0.25, 0.3) is 5.89 Å². The van der Waals surface area contributed by atoms with Crippen molar-refractivity contribution >= 4 is 11.7 Å². The number of carbonyl (C=O) groups excluding carboxylic acids is 1. The highest BCUT2D eigenvalue weighted by molar-refractivity contribution is 5.89. The first-order chi connectivity index (χ1) is 16.9. The number of carbonyl (C=O) groups is 1. The van der Waals surface area contributed by atoms with Gasteiger partial charge in [-0.25, -0.2) is 9.18 Å². The second-order valence-corrected chi connectivity index (χ2v) is 8.01. The number of nitrogens with zero attached hydrogens (tertiary/aromatic N) is 4. The smallest absolute Gasteiger partial charge is 0.319 e. The molecule has 11 heteroatoms. The molecule has 2 heterocycles. The number of hydrogen-bond donors (Lipinski definition) is 2. The van der Waals surface area contributed by atoms with Crippen molar-refractivity contribution in [1.29, 1.82) is 0 Å². The molecule has 2 N–H and O–H groups in total. The molecule has 4 aromatic rings. The molecular weight excluding hydrogens is 455 g/mol. The first-order valence-electron chi connectivity index (χ1n) is 11.1. The number of nitrogens with one attached hydrogen (secondary N) is 2.